The minimum atomic E-state index is -0.858. The second-order valence-electron chi connectivity index (χ2n) is 8.63. The van der Waals surface area contributed by atoms with E-state index < -0.39 is 17.3 Å². The van der Waals surface area contributed by atoms with Crippen LogP contribution in [-0.4, -0.2) is 78.2 Å². The van der Waals surface area contributed by atoms with Gasteiger partial charge in [-0.2, -0.15) is 0 Å². The molecule has 10 nitrogen and oxygen atoms in total. The van der Waals surface area contributed by atoms with Crippen LogP contribution in [0.4, 0.5) is 0 Å². The number of carbonyl (C=O) groups is 1. The fourth-order valence-corrected chi connectivity index (χ4v) is 3.20. The van der Waals surface area contributed by atoms with Crippen molar-refractivity contribution >= 4 is 5.91 Å². The van der Waals surface area contributed by atoms with Crippen molar-refractivity contribution in [1.82, 2.24) is 5.32 Å². The van der Waals surface area contributed by atoms with Gasteiger partial charge in [-0.25, -0.2) is 0 Å². The number of quaternary nitrogens is 1. The van der Waals surface area contributed by atoms with Gasteiger partial charge in [-0.1, -0.05) is 0 Å². The van der Waals surface area contributed by atoms with Crippen LogP contribution in [-0.2, 0) is 9.63 Å². The topological polar surface area (TPSA) is 131 Å². The highest BCUT2D eigenvalue weighted by molar-refractivity contribution is 5.75. The number of nitrogens with one attached hydrogen (secondary N) is 1. The van der Waals surface area contributed by atoms with E-state index in [0.717, 1.165) is 16.7 Å². The number of carbonyl (C=O) groups excluding carboxylic acids is 1. The molecule has 0 aliphatic rings. The largest absolute Gasteiger partial charge is 0.507 e. The number of amides is 1. The Kier molecular flexibility index (Phi) is 9.99. The lowest BCUT2D eigenvalue weighted by Gasteiger charge is -2.32. The summed E-state index contributed by atoms with van der Waals surface area (Å²) in [4.78, 5) is 26.5. The molecule has 2 atom stereocenters. The molecule has 0 aliphatic carbocycles. The lowest BCUT2D eigenvalue weighted by molar-refractivity contribution is -0.892. The molecule has 1 amide bonds. The molecule has 1 aromatic rings. The third-order valence-electron chi connectivity index (χ3n) is 5.23. The number of hydrogen-bond donors (Lipinski definition) is 3. The zero-order chi connectivity index (χ0) is 23.8. The Morgan fingerprint density at radius 3 is 2.55 bits per heavy atom. The molecule has 176 valence electrons. The molecular weight excluding hydrogens is 406 g/mol. The van der Waals surface area contributed by atoms with Gasteiger partial charge < -0.3 is 29.6 Å². The van der Waals surface area contributed by atoms with Crippen LogP contribution in [0, 0.1) is 30.9 Å². The zero-order valence-electron chi connectivity index (χ0n) is 19.3. The number of benzene rings is 1. The quantitative estimate of drug-likeness (QED) is 0.240. The SMILES string of the molecule is Cc1cc(OCC(O)C[N+](C)(C)CCNC(=O)CCC(C)O[N+](=O)[O-])c(C)c(C)c1O. The monoisotopic (exact) mass is 442 g/mol. The van der Waals surface area contributed by atoms with Crippen LogP contribution < -0.4 is 10.1 Å². The molecular formula is C21H36N3O7+. The molecule has 2 unspecified atom stereocenters. The summed E-state index contributed by atoms with van der Waals surface area (Å²) in [6.07, 6.45) is -0.937. The highest BCUT2D eigenvalue weighted by Gasteiger charge is 2.22. The molecule has 1 rings (SSSR count). The number of aromatic hydroxyl groups is 1. The second-order valence-corrected chi connectivity index (χ2v) is 8.63. The Morgan fingerprint density at radius 1 is 1.29 bits per heavy atom. The van der Waals surface area contributed by atoms with E-state index in [4.69, 9.17) is 4.74 Å². The standard InChI is InChI=1S/C21H35N3O7/c1-14-11-19(16(3)17(4)21(14)27)30-13-18(25)12-24(5,6)10-9-22-20(26)8-7-15(2)31-23(28)29/h11,15,18,25H,7-10,12-13H2,1-6H3,(H-,22,26,27)/p+1. The van der Waals surface area contributed by atoms with Crippen molar-refractivity contribution in [3.05, 3.63) is 32.9 Å². The van der Waals surface area contributed by atoms with Gasteiger partial charge in [0.15, 0.2) is 0 Å². The molecule has 0 heterocycles. The molecule has 0 aliphatic heterocycles. The van der Waals surface area contributed by atoms with Crippen molar-refractivity contribution in [2.75, 3.05) is 40.3 Å². The van der Waals surface area contributed by atoms with Gasteiger partial charge in [0.2, 0.25) is 5.91 Å². The van der Waals surface area contributed by atoms with Crippen molar-refractivity contribution in [3.8, 4) is 11.5 Å². The first kappa shape index (κ1) is 26.4. The maximum absolute atomic E-state index is 11.9. The number of ether oxygens (including phenoxy) is 1. The predicted octanol–water partition coefficient (Wildman–Crippen LogP) is 1.63. The highest BCUT2D eigenvalue weighted by Crippen LogP contribution is 2.32. The maximum atomic E-state index is 11.9. The molecule has 10 heteroatoms. The van der Waals surface area contributed by atoms with E-state index in [9.17, 15) is 25.1 Å². The van der Waals surface area contributed by atoms with Crippen molar-refractivity contribution in [2.24, 2.45) is 0 Å². The van der Waals surface area contributed by atoms with Crippen LogP contribution in [0.15, 0.2) is 6.07 Å². The normalized spacial score (nSPS) is 13.4. The van der Waals surface area contributed by atoms with E-state index in [1.54, 1.807) is 19.9 Å². The first-order valence-corrected chi connectivity index (χ1v) is 10.3. The molecule has 0 saturated heterocycles. The maximum Gasteiger partial charge on any atom is 0.294 e. The molecule has 0 saturated carbocycles. The zero-order valence-corrected chi connectivity index (χ0v) is 19.3. The van der Waals surface area contributed by atoms with E-state index in [1.807, 2.05) is 27.9 Å². The van der Waals surface area contributed by atoms with Crippen LogP contribution in [0.5, 0.6) is 11.5 Å². The average molecular weight is 443 g/mol. The number of phenols is 1. The number of likely N-dealkylation sites (N-methyl/N-ethyl adjacent to an activating group) is 1. The van der Waals surface area contributed by atoms with Gasteiger partial charge in [-0.15, -0.1) is 10.1 Å². The van der Waals surface area contributed by atoms with Gasteiger partial charge in [-0.05, 0) is 56.9 Å². The number of rotatable bonds is 13. The van der Waals surface area contributed by atoms with Crippen molar-refractivity contribution < 1.29 is 34.2 Å². The third kappa shape index (κ3) is 9.39. The lowest BCUT2D eigenvalue weighted by Crippen LogP contribution is -2.50. The number of hydrogen-bond acceptors (Lipinski definition) is 7. The van der Waals surface area contributed by atoms with Gasteiger partial charge in [0.1, 0.15) is 36.9 Å². The van der Waals surface area contributed by atoms with Crippen LogP contribution >= 0.6 is 0 Å². The summed E-state index contributed by atoms with van der Waals surface area (Å²) < 4.78 is 6.26. The highest BCUT2D eigenvalue weighted by atomic mass is 17.0. The Morgan fingerprint density at radius 2 is 1.94 bits per heavy atom. The Hall–Kier alpha value is -2.59. The molecule has 1 aromatic carbocycles. The number of nitrogens with zero attached hydrogens (tertiary/aromatic N) is 2. The first-order valence-electron chi connectivity index (χ1n) is 10.3. The Balaban J connectivity index is 2.40. The molecule has 0 aromatic heterocycles. The van der Waals surface area contributed by atoms with Gasteiger partial charge in [0, 0.05) is 6.42 Å². The van der Waals surface area contributed by atoms with Crippen LogP contribution in [0.1, 0.15) is 36.5 Å². The fraction of sp³-hybridized carbons (Fsp3) is 0.667. The summed E-state index contributed by atoms with van der Waals surface area (Å²) in [5, 5.41) is 32.6. The molecule has 0 spiro atoms. The average Bonchev–Trinajstić information content (AvgIpc) is 2.65. The van der Waals surface area contributed by atoms with Gasteiger partial charge >= 0.3 is 0 Å². The molecule has 3 N–H and O–H groups in total. The van der Waals surface area contributed by atoms with Gasteiger partial charge in [0.05, 0.1) is 27.2 Å². The number of phenolic OH excluding ortho intramolecular Hbond substituents is 1. The van der Waals surface area contributed by atoms with E-state index in [0.29, 0.717) is 29.9 Å². The lowest BCUT2D eigenvalue weighted by atomic mass is 10.0. The van der Waals surface area contributed by atoms with Crippen LogP contribution in [0.25, 0.3) is 0 Å². The summed E-state index contributed by atoms with van der Waals surface area (Å²) in [5.74, 6) is 0.695. The number of aliphatic hydroxyl groups is 1. The summed E-state index contributed by atoms with van der Waals surface area (Å²) >= 11 is 0. The second kappa shape index (κ2) is 11.7. The van der Waals surface area contributed by atoms with Gasteiger partial charge in [0.25, 0.3) is 5.09 Å². The molecule has 0 bridgehead atoms. The number of aryl methyl sites for hydroxylation is 1. The van der Waals surface area contributed by atoms with Crippen molar-refractivity contribution in [3.63, 3.8) is 0 Å². The van der Waals surface area contributed by atoms with E-state index in [2.05, 4.69) is 10.2 Å². The number of aliphatic hydroxyl groups excluding tert-OH is 1. The van der Waals surface area contributed by atoms with Crippen molar-refractivity contribution in [2.45, 2.75) is 52.7 Å². The summed E-state index contributed by atoms with van der Waals surface area (Å²) in [5.41, 5.74) is 2.32. The van der Waals surface area contributed by atoms with Crippen molar-refractivity contribution in [1.29, 1.82) is 0 Å². The summed E-state index contributed by atoms with van der Waals surface area (Å²) in [6.45, 7) is 8.59. The predicted molar refractivity (Wildman–Crippen MR) is 115 cm³/mol. The van der Waals surface area contributed by atoms with E-state index >= 15 is 0 Å². The van der Waals surface area contributed by atoms with Crippen LogP contribution in [0.3, 0.4) is 0 Å². The summed E-state index contributed by atoms with van der Waals surface area (Å²) in [7, 11) is 3.89. The summed E-state index contributed by atoms with van der Waals surface area (Å²) in [6, 6.07) is 1.76. The van der Waals surface area contributed by atoms with Crippen LogP contribution in [0.2, 0.25) is 0 Å². The molecule has 0 fully saturated rings. The smallest absolute Gasteiger partial charge is 0.294 e. The minimum absolute atomic E-state index is 0.118. The first-order chi connectivity index (χ1) is 14.3. The minimum Gasteiger partial charge on any atom is -0.507 e. The van der Waals surface area contributed by atoms with Gasteiger partial charge in [-0.3, -0.25) is 4.79 Å². The molecule has 0 radical (unpaired) electrons. The third-order valence-corrected chi connectivity index (χ3v) is 5.23. The Labute approximate surface area is 183 Å². The molecule has 31 heavy (non-hydrogen) atoms. The fourth-order valence-electron chi connectivity index (χ4n) is 3.20. The van der Waals surface area contributed by atoms with E-state index in [-0.39, 0.29) is 31.1 Å². The van der Waals surface area contributed by atoms with E-state index in [1.165, 1.54) is 0 Å². The Bertz CT molecular complexity index is 768.